The summed E-state index contributed by atoms with van der Waals surface area (Å²) in [5, 5.41) is 15.2. The Morgan fingerprint density at radius 2 is 2.10 bits per heavy atom. The number of aliphatic hydroxyl groups excluding tert-OH is 1. The summed E-state index contributed by atoms with van der Waals surface area (Å²) in [5.41, 5.74) is 1.30. The van der Waals surface area contributed by atoms with Crippen LogP contribution in [-0.2, 0) is 11.2 Å². The lowest BCUT2D eigenvalue weighted by atomic mass is 10.1. The lowest BCUT2D eigenvalue weighted by Crippen LogP contribution is -2.34. The van der Waals surface area contributed by atoms with Crippen molar-refractivity contribution in [2.24, 2.45) is 0 Å². The minimum Gasteiger partial charge on any atom is -0.396 e. The van der Waals surface area contributed by atoms with Crippen molar-refractivity contribution in [1.82, 2.24) is 15.1 Å². The van der Waals surface area contributed by atoms with Crippen LogP contribution < -0.4 is 5.32 Å². The fourth-order valence-corrected chi connectivity index (χ4v) is 2.10. The number of alkyl halides is 2. The van der Waals surface area contributed by atoms with E-state index in [1.54, 1.807) is 6.92 Å². The van der Waals surface area contributed by atoms with Gasteiger partial charge in [-0.05, 0) is 33.6 Å². The van der Waals surface area contributed by atoms with Crippen LogP contribution in [0, 0.1) is 13.8 Å². The van der Waals surface area contributed by atoms with E-state index in [-0.39, 0.29) is 25.0 Å². The summed E-state index contributed by atoms with van der Waals surface area (Å²) in [7, 11) is 0. The fraction of sp³-hybridized carbons (Fsp3) is 0.692. The first-order valence-corrected chi connectivity index (χ1v) is 6.59. The van der Waals surface area contributed by atoms with Gasteiger partial charge < -0.3 is 10.4 Å². The zero-order valence-electron chi connectivity index (χ0n) is 12.0. The smallest absolute Gasteiger partial charge is 0.333 e. The van der Waals surface area contributed by atoms with E-state index in [9.17, 15) is 13.6 Å². The highest BCUT2D eigenvalue weighted by Crippen LogP contribution is 2.19. The number of carbonyl (C=O) groups is 1. The molecule has 0 bridgehead atoms. The maximum absolute atomic E-state index is 12.7. The summed E-state index contributed by atoms with van der Waals surface area (Å²) in [6.07, 6.45) is 1.33. The molecule has 5 nitrogen and oxygen atoms in total. The van der Waals surface area contributed by atoms with Gasteiger partial charge >= 0.3 is 6.55 Å². The van der Waals surface area contributed by atoms with Gasteiger partial charge in [-0.15, -0.1) is 0 Å². The highest BCUT2D eigenvalue weighted by molar-refractivity contribution is 5.79. The van der Waals surface area contributed by atoms with Crippen LogP contribution in [0.5, 0.6) is 0 Å². The number of nitrogens with zero attached hydrogens (tertiary/aromatic N) is 2. The number of carbonyl (C=O) groups excluding carboxylic acids is 1. The summed E-state index contributed by atoms with van der Waals surface area (Å²) in [6.45, 7) is 2.37. The monoisotopic (exact) mass is 289 g/mol. The predicted molar refractivity (Wildman–Crippen MR) is 70.6 cm³/mol. The molecule has 0 spiro atoms. The molecule has 1 amide bonds. The molecule has 20 heavy (non-hydrogen) atoms. The number of aliphatic hydroxyl groups is 1. The number of aromatic nitrogens is 2. The van der Waals surface area contributed by atoms with Crippen LogP contribution in [0.1, 0.15) is 43.3 Å². The molecule has 1 aromatic heterocycles. The minimum absolute atomic E-state index is 0.0356. The molecule has 1 atom stereocenters. The van der Waals surface area contributed by atoms with E-state index in [2.05, 4.69) is 10.4 Å². The molecule has 2 N–H and O–H groups in total. The lowest BCUT2D eigenvalue weighted by molar-refractivity contribution is -0.121. The van der Waals surface area contributed by atoms with Gasteiger partial charge in [-0.2, -0.15) is 13.9 Å². The number of hydrogen-bond acceptors (Lipinski definition) is 3. The van der Waals surface area contributed by atoms with Crippen molar-refractivity contribution in [3.63, 3.8) is 0 Å². The summed E-state index contributed by atoms with van der Waals surface area (Å²) >= 11 is 0. The summed E-state index contributed by atoms with van der Waals surface area (Å²) in [5.74, 6) is -0.226. The second kappa shape index (κ2) is 7.33. The van der Waals surface area contributed by atoms with E-state index in [4.69, 9.17) is 5.11 Å². The first kappa shape index (κ1) is 16.6. The third-order valence-electron chi connectivity index (χ3n) is 3.20. The molecule has 0 saturated carbocycles. The van der Waals surface area contributed by atoms with E-state index >= 15 is 0 Å². The Bertz CT molecular complexity index is 461. The molecule has 0 aromatic carbocycles. The van der Waals surface area contributed by atoms with Gasteiger partial charge in [0, 0.05) is 23.9 Å². The Kier molecular flexibility index (Phi) is 6.06. The molecule has 1 rings (SSSR count). The van der Waals surface area contributed by atoms with Gasteiger partial charge in [-0.1, -0.05) is 0 Å². The zero-order chi connectivity index (χ0) is 15.3. The Labute approximate surface area is 117 Å². The van der Waals surface area contributed by atoms with Crippen LogP contribution in [0.4, 0.5) is 8.78 Å². The van der Waals surface area contributed by atoms with Crippen LogP contribution in [0.25, 0.3) is 0 Å². The van der Waals surface area contributed by atoms with E-state index in [0.29, 0.717) is 34.5 Å². The second-order valence-corrected chi connectivity index (χ2v) is 4.88. The molecular formula is C13H21F2N3O2. The maximum atomic E-state index is 12.7. The molecule has 1 heterocycles. The average Bonchev–Trinajstić information content (AvgIpc) is 2.64. The van der Waals surface area contributed by atoms with Gasteiger partial charge in [0.1, 0.15) is 0 Å². The summed E-state index contributed by atoms with van der Waals surface area (Å²) < 4.78 is 26.0. The molecular weight excluding hydrogens is 268 g/mol. The molecule has 7 heteroatoms. The molecule has 0 aliphatic heterocycles. The van der Waals surface area contributed by atoms with Crippen molar-refractivity contribution in [3.05, 3.63) is 17.0 Å². The highest BCUT2D eigenvalue weighted by atomic mass is 19.3. The molecule has 0 aliphatic rings. The van der Waals surface area contributed by atoms with E-state index in [1.807, 2.05) is 6.92 Å². The van der Waals surface area contributed by atoms with Crippen LogP contribution >= 0.6 is 0 Å². The van der Waals surface area contributed by atoms with E-state index < -0.39 is 6.55 Å². The molecule has 0 saturated heterocycles. The van der Waals surface area contributed by atoms with Crippen LogP contribution in [0.15, 0.2) is 0 Å². The highest BCUT2D eigenvalue weighted by Gasteiger charge is 2.19. The quantitative estimate of drug-likeness (QED) is 0.803. The number of aryl methyl sites for hydroxylation is 1. The number of nitrogens with one attached hydrogen (secondary N) is 1. The van der Waals surface area contributed by atoms with Gasteiger partial charge in [-0.3, -0.25) is 4.79 Å². The summed E-state index contributed by atoms with van der Waals surface area (Å²) in [4.78, 5) is 11.9. The first-order chi connectivity index (χ1) is 9.36. The first-order valence-electron chi connectivity index (χ1n) is 6.59. The molecule has 0 aliphatic carbocycles. The Morgan fingerprint density at radius 1 is 1.45 bits per heavy atom. The van der Waals surface area contributed by atoms with Crippen molar-refractivity contribution >= 4 is 5.91 Å². The number of amides is 1. The van der Waals surface area contributed by atoms with Gasteiger partial charge in [0.15, 0.2) is 0 Å². The van der Waals surface area contributed by atoms with Crippen molar-refractivity contribution in [2.75, 3.05) is 6.61 Å². The minimum atomic E-state index is -2.70. The van der Waals surface area contributed by atoms with Gasteiger partial charge in [0.05, 0.1) is 12.1 Å². The normalized spacial score (nSPS) is 12.8. The van der Waals surface area contributed by atoms with Crippen LogP contribution in [-0.4, -0.2) is 33.4 Å². The Morgan fingerprint density at radius 3 is 2.60 bits per heavy atom. The largest absolute Gasteiger partial charge is 0.396 e. The Hall–Kier alpha value is -1.50. The van der Waals surface area contributed by atoms with Crippen molar-refractivity contribution < 1.29 is 18.7 Å². The zero-order valence-corrected chi connectivity index (χ0v) is 12.0. The Balaban J connectivity index is 2.67. The van der Waals surface area contributed by atoms with Gasteiger partial charge in [-0.25, -0.2) is 4.68 Å². The maximum Gasteiger partial charge on any atom is 0.333 e. The standard InChI is InChI=1S/C13H21F2N3O2/c1-8(5-4-6-19)16-12(20)7-11-9(2)17-18(10(11)3)13(14)15/h8,13,19H,4-7H2,1-3H3,(H,16,20). The molecule has 114 valence electrons. The van der Waals surface area contributed by atoms with Crippen molar-refractivity contribution in [1.29, 1.82) is 0 Å². The molecule has 1 unspecified atom stereocenters. The average molecular weight is 289 g/mol. The predicted octanol–water partition coefficient (Wildman–Crippen LogP) is 1.71. The summed E-state index contributed by atoms with van der Waals surface area (Å²) in [6, 6.07) is -0.0552. The van der Waals surface area contributed by atoms with Crippen LogP contribution in [0.3, 0.4) is 0 Å². The third kappa shape index (κ3) is 4.26. The van der Waals surface area contributed by atoms with Gasteiger partial charge in [0.2, 0.25) is 5.91 Å². The molecule has 1 aromatic rings. The second-order valence-electron chi connectivity index (χ2n) is 4.88. The van der Waals surface area contributed by atoms with Gasteiger partial charge in [0.25, 0.3) is 0 Å². The topological polar surface area (TPSA) is 67.2 Å². The molecule has 0 fully saturated rings. The van der Waals surface area contributed by atoms with Crippen molar-refractivity contribution in [2.45, 2.75) is 52.6 Å². The lowest BCUT2D eigenvalue weighted by Gasteiger charge is -2.13. The van der Waals surface area contributed by atoms with Crippen molar-refractivity contribution in [3.8, 4) is 0 Å². The number of rotatable bonds is 7. The van der Waals surface area contributed by atoms with E-state index in [0.717, 1.165) is 0 Å². The number of halogens is 2. The molecule has 0 radical (unpaired) electrons. The van der Waals surface area contributed by atoms with Crippen LogP contribution in [0.2, 0.25) is 0 Å². The SMILES string of the molecule is Cc1nn(C(F)F)c(C)c1CC(=O)NC(C)CCCO. The number of hydrogen-bond donors (Lipinski definition) is 2. The third-order valence-corrected chi connectivity index (χ3v) is 3.20. The van der Waals surface area contributed by atoms with E-state index in [1.165, 1.54) is 6.92 Å². The fourth-order valence-electron chi connectivity index (χ4n) is 2.10.